The molecule has 0 bridgehead atoms. The Morgan fingerprint density at radius 1 is 1.03 bits per heavy atom. The van der Waals surface area contributed by atoms with Crippen LogP contribution in [0.1, 0.15) is 57.0 Å². The van der Waals surface area contributed by atoms with Gasteiger partial charge in [0.2, 0.25) is 0 Å². The van der Waals surface area contributed by atoms with Crippen molar-refractivity contribution < 1.29 is 14.1 Å². The largest absolute Gasteiger partial charge is 0.361 e. The highest BCUT2D eigenvalue weighted by molar-refractivity contribution is 7.20. The molecule has 2 aromatic heterocycles. The lowest BCUT2D eigenvalue weighted by Crippen LogP contribution is -2.36. The van der Waals surface area contributed by atoms with Crippen molar-refractivity contribution in [1.82, 2.24) is 10.1 Å². The molecule has 1 aromatic carbocycles. The van der Waals surface area contributed by atoms with Gasteiger partial charge in [0, 0.05) is 18.0 Å². The van der Waals surface area contributed by atoms with Crippen LogP contribution in [0.3, 0.4) is 0 Å². The van der Waals surface area contributed by atoms with Gasteiger partial charge < -0.3 is 14.7 Å². The first-order valence-electron chi connectivity index (χ1n) is 10.2. The van der Waals surface area contributed by atoms with E-state index in [0.717, 1.165) is 48.4 Å². The minimum atomic E-state index is -0.306. The van der Waals surface area contributed by atoms with Gasteiger partial charge in [-0.25, -0.2) is 0 Å². The molecule has 156 valence electrons. The molecule has 1 N–H and O–H groups in total. The van der Waals surface area contributed by atoms with Crippen LogP contribution in [0.15, 0.2) is 34.9 Å². The van der Waals surface area contributed by atoms with Crippen LogP contribution in [0, 0.1) is 20.8 Å². The second-order valence-corrected chi connectivity index (χ2v) is 8.65. The Hall–Kier alpha value is -2.93. The lowest BCUT2D eigenvalue weighted by atomic mass is 10.0. The predicted molar refractivity (Wildman–Crippen MR) is 118 cm³/mol. The number of amides is 2. The number of likely N-dealkylation sites (tertiary alicyclic amines) is 1. The Morgan fingerprint density at radius 3 is 2.37 bits per heavy atom. The van der Waals surface area contributed by atoms with Crippen LogP contribution in [0.4, 0.5) is 5.00 Å². The molecule has 1 aliphatic heterocycles. The van der Waals surface area contributed by atoms with Gasteiger partial charge in [0.15, 0.2) is 0 Å². The van der Waals surface area contributed by atoms with E-state index in [1.807, 2.05) is 42.2 Å². The van der Waals surface area contributed by atoms with Crippen LogP contribution >= 0.6 is 11.3 Å². The van der Waals surface area contributed by atoms with Gasteiger partial charge in [-0.2, -0.15) is 0 Å². The molecule has 4 rings (SSSR count). The van der Waals surface area contributed by atoms with Gasteiger partial charge in [-0.1, -0.05) is 35.5 Å². The van der Waals surface area contributed by atoms with Crippen molar-refractivity contribution in [2.45, 2.75) is 40.0 Å². The fraction of sp³-hybridized carbons (Fsp3) is 0.348. The van der Waals surface area contributed by atoms with E-state index in [4.69, 9.17) is 4.52 Å². The van der Waals surface area contributed by atoms with E-state index in [1.54, 1.807) is 13.8 Å². The number of carbonyl (C=O) groups excluding carboxylic acids is 2. The van der Waals surface area contributed by atoms with Crippen LogP contribution in [-0.2, 0) is 0 Å². The van der Waals surface area contributed by atoms with Gasteiger partial charge in [0.25, 0.3) is 11.8 Å². The maximum Gasteiger partial charge on any atom is 0.261 e. The lowest BCUT2D eigenvalue weighted by molar-refractivity contribution is 0.0725. The Morgan fingerprint density at radius 2 is 1.73 bits per heavy atom. The molecular formula is C23H25N3O3S. The molecule has 0 saturated carbocycles. The molecular weight excluding hydrogens is 398 g/mol. The van der Waals surface area contributed by atoms with Crippen molar-refractivity contribution in [3.05, 3.63) is 58.5 Å². The molecule has 3 heterocycles. The molecule has 7 heteroatoms. The summed E-state index contributed by atoms with van der Waals surface area (Å²) in [6, 6.07) is 9.96. The minimum Gasteiger partial charge on any atom is -0.361 e. The molecule has 2 amide bonds. The van der Waals surface area contributed by atoms with Crippen LogP contribution in [-0.4, -0.2) is 35.0 Å². The SMILES string of the molecule is Cc1noc(C)c1C(=O)Nc1sc(-c2ccccc2)c(C)c1C(=O)N1CCCCC1. The summed E-state index contributed by atoms with van der Waals surface area (Å²) in [6.45, 7) is 6.92. The number of aromatic nitrogens is 1. The van der Waals surface area contributed by atoms with E-state index in [1.165, 1.54) is 11.3 Å². The molecule has 1 fully saturated rings. The number of nitrogens with one attached hydrogen (secondary N) is 1. The molecule has 0 unspecified atom stereocenters. The average molecular weight is 424 g/mol. The first kappa shape index (κ1) is 20.3. The summed E-state index contributed by atoms with van der Waals surface area (Å²) in [5.74, 6) is 0.143. The van der Waals surface area contributed by atoms with Crippen molar-refractivity contribution in [3.8, 4) is 10.4 Å². The summed E-state index contributed by atoms with van der Waals surface area (Å²) in [4.78, 5) is 29.3. The highest BCUT2D eigenvalue weighted by atomic mass is 32.1. The highest BCUT2D eigenvalue weighted by Crippen LogP contribution is 2.41. The quantitative estimate of drug-likeness (QED) is 0.625. The van der Waals surface area contributed by atoms with E-state index < -0.39 is 0 Å². The lowest BCUT2D eigenvalue weighted by Gasteiger charge is -2.27. The normalized spacial score (nSPS) is 14.0. The smallest absolute Gasteiger partial charge is 0.261 e. The summed E-state index contributed by atoms with van der Waals surface area (Å²) >= 11 is 1.44. The number of aryl methyl sites for hydroxylation is 2. The number of thiophene rings is 1. The molecule has 1 aliphatic rings. The van der Waals surface area contributed by atoms with E-state index in [9.17, 15) is 9.59 Å². The van der Waals surface area contributed by atoms with Gasteiger partial charge in [-0.3, -0.25) is 9.59 Å². The number of hydrogen-bond donors (Lipinski definition) is 1. The molecule has 3 aromatic rings. The fourth-order valence-electron chi connectivity index (χ4n) is 3.95. The first-order valence-corrected chi connectivity index (χ1v) is 11.0. The maximum atomic E-state index is 13.4. The number of nitrogens with zero attached hydrogens (tertiary/aromatic N) is 2. The number of piperidine rings is 1. The van der Waals surface area contributed by atoms with Crippen molar-refractivity contribution in [3.63, 3.8) is 0 Å². The Kier molecular flexibility index (Phi) is 5.72. The molecule has 1 saturated heterocycles. The van der Waals surface area contributed by atoms with Gasteiger partial charge in [0.1, 0.15) is 16.3 Å². The van der Waals surface area contributed by atoms with Gasteiger partial charge in [0.05, 0.1) is 11.3 Å². The predicted octanol–water partition coefficient (Wildman–Crippen LogP) is 5.21. The number of carbonyl (C=O) groups is 2. The summed E-state index contributed by atoms with van der Waals surface area (Å²) < 4.78 is 5.14. The number of benzene rings is 1. The van der Waals surface area contributed by atoms with Gasteiger partial charge in [-0.05, 0) is 51.2 Å². The zero-order chi connectivity index (χ0) is 21.3. The fourth-order valence-corrected chi connectivity index (χ4v) is 5.15. The van der Waals surface area contributed by atoms with Crippen molar-refractivity contribution >= 4 is 28.2 Å². The minimum absolute atomic E-state index is 0.0142. The van der Waals surface area contributed by atoms with Crippen LogP contribution in [0.2, 0.25) is 0 Å². The standard InChI is InChI=1S/C23H25N3O3S/c1-14-18(23(28)26-12-8-5-9-13-26)22(30-20(14)17-10-6-4-7-11-17)24-21(27)19-15(2)25-29-16(19)3/h4,6-7,10-11H,5,8-9,12-13H2,1-3H3,(H,24,27). The van der Waals surface area contributed by atoms with Crippen LogP contribution in [0.25, 0.3) is 10.4 Å². The monoisotopic (exact) mass is 423 g/mol. The van der Waals surface area contributed by atoms with E-state index in [0.29, 0.717) is 27.6 Å². The molecule has 0 radical (unpaired) electrons. The Balaban J connectivity index is 1.76. The highest BCUT2D eigenvalue weighted by Gasteiger charge is 2.29. The van der Waals surface area contributed by atoms with E-state index in [-0.39, 0.29) is 11.8 Å². The third kappa shape index (κ3) is 3.77. The number of anilines is 1. The Labute approximate surface area is 179 Å². The summed E-state index contributed by atoms with van der Waals surface area (Å²) in [5, 5.41) is 7.43. The third-order valence-electron chi connectivity index (χ3n) is 5.53. The molecule has 6 nitrogen and oxygen atoms in total. The van der Waals surface area contributed by atoms with Gasteiger partial charge in [-0.15, -0.1) is 11.3 Å². The average Bonchev–Trinajstić information content (AvgIpc) is 3.27. The van der Waals surface area contributed by atoms with Crippen LogP contribution in [0.5, 0.6) is 0 Å². The van der Waals surface area contributed by atoms with Crippen molar-refractivity contribution in [2.75, 3.05) is 18.4 Å². The topological polar surface area (TPSA) is 75.4 Å². The summed E-state index contributed by atoms with van der Waals surface area (Å²) in [7, 11) is 0. The van der Waals surface area contributed by atoms with E-state index >= 15 is 0 Å². The van der Waals surface area contributed by atoms with E-state index in [2.05, 4.69) is 10.5 Å². The zero-order valence-corrected chi connectivity index (χ0v) is 18.3. The summed E-state index contributed by atoms with van der Waals surface area (Å²) in [5.41, 5.74) is 3.46. The first-order chi connectivity index (χ1) is 14.5. The second-order valence-electron chi connectivity index (χ2n) is 7.63. The summed E-state index contributed by atoms with van der Waals surface area (Å²) in [6.07, 6.45) is 3.18. The second kappa shape index (κ2) is 8.44. The zero-order valence-electron chi connectivity index (χ0n) is 17.4. The van der Waals surface area contributed by atoms with Crippen molar-refractivity contribution in [1.29, 1.82) is 0 Å². The molecule has 0 aliphatic carbocycles. The Bertz CT molecular complexity index is 1060. The molecule has 0 atom stereocenters. The van der Waals surface area contributed by atoms with Crippen LogP contribution < -0.4 is 5.32 Å². The molecule has 30 heavy (non-hydrogen) atoms. The number of hydrogen-bond acceptors (Lipinski definition) is 5. The number of rotatable bonds is 4. The third-order valence-corrected chi connectivity index (χ3v) is 6.78. The molecule has 0 spiro atoms. The van der Waals surface area contributed by atoms with Gasteiger partial charge >= 0.3 is 0 Å². The van der Waals surface area contributed by atoms with Crippen molar-refractivity contribution in [2.24, 2.45) is 0 Å². The maximum absolute atomic E-state index is 13.4.